The van der Waals surface area contributed by atoms with Gasteiger partial charge in [-0.15, -0.1) is 0 Å². The highest BCUT2D eigenvalue weighted by Crippen LogP contribution is 2.29. The van der Waals surface area contributed by atoms with Gasteiger partial charge in [-0.1, -0.05) is 43.7 Å². The van der Waals surface area contributed by atoms with E-state index in [1.165, 1.54) is 0 Å². The van der Waals surface area contributed by atoms with Gasteiger partial charge in [-0.05, 0) is 42.2 Å². The first-order chi connectivity index (χ1) is 12.1. The average Bonchev–Trinajstić information content (AvgIpc) is 3.05. The van der Waals surface area contributed by atoms with E-state index in [1.807, 2.05) is 48.5 Å². The van der Waals surface area contributed by atoms with Crippen molar-refractivity contribution >= 4 is 17.5 Å². The Morgan fingerprint density at radius 3 is 2.60 bits per heavy atom. The highest BCUT2D eigenvalue weighted by molar-refractivity contribution is 5.98. The molecule has 0 aromatic heterocycles. The molecule has 0 unspecified atom stereocenters. The van der Waals surface area contributed by atoms with Crippen LogP contribution in [0, 0.1) is 0 Å². The van der Waals surface area contributed by atoms with Gasteiger partial charge in [0.15, 0.2) is 0 Å². The maximum Gasteiger partial charge on any atom is 0.251 e. The van der Waals surface area contributed by atoms with E-state index in [4.69, 9.17) is 0 Å². The molecule has 1 aliphatic rings. The van der Waals surface area contributed by atoms with E-state index in [9.17, 15) is 9.59 Å². The number of hydrogen-bond acceptors (Lipinski definition) is 2. The molecular formula is C21H24N2O2. The molecule has 3 rings (SSSR count). The largest absolute Gasteiger partial charge is 0.345 e. The molecule has 4 nitrogen and oxygen atoms in total. The Labute approximate surface area is 148 Å². The minimum atomic E-state index is -0.0635. The molecule has 1 atom stereocenters. The second-order valence-electron chi connectivity index (χ2n) is 6.49. The predicted octanol–water partition coefficient (Wildman–Crippen LogP) is 3.87. The summed E-state index contributed by atoms with van der Waals surface area (Å²) in [5.74, 6) is -0.0191. The highest BCUT2D eigenvalue weighted by Gasteiger charge is 2.23. The van der Waals surface area contributed by atoms with Crippen LogP contribution in [-0.2, 0) is 11.2 Å². The van der Waals surface area contributed by atoms with Gasteiger partial charge in [0.05, 0.1) is 6.04 Å². The Morgan fingerprint density at radius 2 is 1.92 bits per heavy atom. The first kappa shape index (κ1) is 17.2. The molecule has 0 radical (unpaired) electrons. The fourth-order valence-corrected chi connectivity index (χ4v) is 3.41. The molecule has 1 heterocycles. The highest BCUT2D eigenvalue weighted by atomic mass is 16.2. The van der Waals surface area contributed by atoms with Crippen LogP contribution in [0.3, 0.4) is 0 Å². The fraction of sp³-hybridized carbons (Fsp3) is 0.333. The number of nitrogens with zero attached hydrogens (tertiary/aromatic N) is 1. The number of anilines is 1. The fourth-order valence-electron chi connectivity index (χ4n) is 3.41. The lowest BCUT2D eigenvalue weighted by Gasteiger charge is -2.19. The summed E-state index contributed by atoms with van der Waals surface area (Å²) in [6.07, 6.45) is 2.70. The second kappa shape index (κ2) is 7.51. The Kier molecular flexibility index (Phi) is 5.17. The van der Waals surface area contributed by atoms with Crippen molar-refractivity contribution in [2.45, 2.75) is 39.2 Å². The van der Waals surface area contributed by atoms with Gasteiger partial charge >= 0.3 is 0 Å². The Balaban J connectivity index is 1.78. The molecule has 0 spiro atoms. The summed E-state index contributed by atoms with van der Waals surface area (Å²) in [5.41, 5.74) is 3.77. The molecule has 0 bridgehead atoms. The van der Waals surface area contributed by atoms with Gasteiger partial charge in [0.2, 0.25) is 5.91 Å². The van der Waals surface area contributed by atoms with E-state index in [-0.39, 0.29) is 17.9 Å². The molecule has 1 N–H and O–H groups in total. The summed E-state index contributed by atoms with van der Waals surface area (Å²) in [6.45, 7) is 4.39. The van der Waals surface area contributed by atoms with E-state index in [1.54, 1.807) is 11.8 Å². The van der Waals surface area contributed by atoms with Crippen LogP contribution in [-0.4, -0.2) is 18.4 Å². The molecule has 0 saturated heterocycles. The Bertz CT molecular complexity index is 771. The zero-order valence-corrected chi connectivity index (χ0v) is 14.8. The summed E-state index contributed by atoms with van der Waals surface area (Å²) in [6, 6.07) is 15.7. The van der Waals surface area contributed by atoms with E-state index in [2.05, 4.69) is 12.2 Å². The van der Waals surface area contributed by atoms with Crippen molar-refractivity contribution in [2.24, 2.45) is 0 Å². The van der Waals surface area contributed by atoms with Crippen LogP contribution in [0.2, 0.25) is 0 Å². The molecule has 130 valence electrons. The molecule has 2 aromatic carbocycles. The monoisotopic (exact) mass is 336 g/mol. The summed E-state index contributed by atoms with van der Waals surface area (Å²) in [4.78, 5) is 26.1. The number of carbonyl (C=O) groups is 2. The summed E-state index contributed by atoms with van der Waals surface area (Å²) >= 11 is 0. The molecule has 0 aliphatic carbocycles. The quantitative estimate of drug-likeness (QED) is 0.901. The van der Waals surface area contributed by atoms with Crippen LogP contribution in [0.4, 0.5) is 5.69 Å². The maximum absolute atomic E-state index is 12.7. The van der Waals surface area contributed by atoms with E-state index >= 15 is 0 Å². The van der Waals surface area contributed by atoms with Gasteiger partial charge in [0.1, 0.15) is 0 Å². The first-order valence-corrected chi connectivity index (χ1v) is 8.87. The Hall–Kier alpha value is -2.62. The topological polar surface area (TPSA) is 49.4 Å². The summed E-state index contributed by atoms with van der Waals surface area (Å²) in [5, 5.41) is 3.16. The van der Waals surface area contributed by atoms with Crippen molar-refractivity contribution in [1.29, 1.82) is 0 Å². The van der Waals surface area contributed by atoms with Crippen LogP contribution in [0.5, 0.6) is 0 Å². The van der Waals surface area contributed by atoms with Crippen molar-refractivity contribution < 1.29 is 9.59 Å². The maximum atomic E-state index is 12.7. The lowest BCUT2D eigenvalue weighted by molar-refractivity contribution is -0.116. The average molecular weight is 336 g/mol. The van der Waals surface area contributed by atoms with Crippen molar-refractivity contribution in [3.63, 3.8) is 0 Å². The number of fused-ring (bicyclic) bond motifs is 1. The van der Waals surface area contributed by atoms with E-state index < -0.39 is 0 Å². The number of benzene rings is 2. The number of nitrogens with one attached hydrogen (secondary N) is 1. The van der Waals surface area contributed by atoms with Gasteiger partial charge in [0.25, 0.3) is 5.91 Å². The van der Waals surface area contributed by atoms with Gasteiger partial charge in [-0.3, -0.25) is 9.59 Å². The van der Waals surface area contributed by atoms with Crippen LogP contribution in [0.1, 0.15) is 54.2 Å². The molecule has 2 aromatic rings. The third-order valence-corrected chi connectivity index (χ3v) is 4.70. The third-order valence-electron chi connectivity index (χ3n) is 4.70. The summed E-state index contributed by atoms with van der Waals surface area (Å²) in [7, 11) is 0. The lowest BCUT2D eigenvalue weighted by atomic mass is 10.0. The van der Waals surface area contributed by atoms with Gasteiger partial charge in [-0.2, -0.15) is 0 Å². The minimum absolute atomic E-state index is 0.0145. The first-order valence-electron chi connectivity index (χ1n) is 8.87. The number of hydrogen-bond donors (Lipinski definition) is 1. The number of amides is 2. The zero-order valence-electron chi connectivity index (χ0n) is 14.8. The lowest BCUT2D eigenvalue weighted by Crippen LogP contribution is -2.28. The zero-order chi connectivity index (χ0) is 17.8. The van der Waals surface area contributed by atoms with Crippen molar-refractivity contribution in [3.8, 4) is 0 Å². The van der Waals surface area contributed by atoms with E-state index in [0.29, 0.717) is 12.1 Å². The standard InChI is InChI=1S/C21H24N2O2/c1-3-7-19(16-8-5-4-6-9-16)22-21(25)18-10-11-20-17(14-18)12-13-23(20)15(2)24/h4-6,8-11,14,19H,3,7,12-13H2,1-2H3,(H,22,25)/t19-/m0/s1. The molecule has 0 saturated carbocycles. The Morgan fingerprint density at radius 1 is 1.16 bits per heavy atom. The van der Waals surface area contributed by atoms with E-state index in [0.717, 1.165) is 36.1 Å². The molecule has 0 fully saturated rings. The normalized spacial score (nSPS) is 14.1. The van der Waals surface area contributed by atoms with Crippen molar-refractivity contribution in [2.75, 3.05) is 11.4 Å². The van der Waals surface area contributed by atoms with Gasteiger partial charge in [0, 0.05) is 24.7 Å². The molecular weight excluding hydrogens is 312 g/mol. The van der Waals surface area contributed by atoms with Gasteiger partial charge < -0.3 is 10.2 Å². The smallest absolute Gasteiger partial charge is 0.251 e. The van der Waals surface area contributed by atoms with Crippen LogP contribution >= 0.6 is 0 Å². The van der Waals surface area contributed by atoms with Crippen LogP contribution < -0.4 is 10.2 Å². The van der Waals surface area contributed by atoms with Gasteiger partial charge in [-0.25, -0.2) is 0 Å². The third kappa shape index (κ3) is 3.73. The minimum Gasteiger partial charge on any atom is -0.345 e. The second-order valence-corrected chi connectivity index (χ2v) is 6.49. The molecule has 4 heteroatoms. The van der Waals surface area contributed by atoms with Crippen molar-refractivity contribution in [3.05, 3.63) is 65.2 Å². The molecule has 1 aliphatic heterocycles. The summed E-state index contributed by atoms with van der Waals surface area (Å²) < 4.78 is 0. The van der Waals surface area contributed by atoms with Crippen molar-refractivity contribution in [1.82, 2.24) is 5.32 Å². The molecule has 2 amide bonds. The molecule has 25 heavy (non-hydrogen) atoms. The SMILES string of the molecule is CCC[C@H](NC(=O)c1ccc2c(c1)CCN2C(C)=O)c1ccccc1. The predicted molar refractivity (Wildman–Crippen MR) is 99.7 cm³/mol. The number of rotatable bonds is 5. The van der Waals surface area contributed by atoms with Crippen LogP contribution in [0.15, 0.2) is 48.5 Å². The number of carbonyl (C=O) groups excluding carboxylic acids is 2. The van der Waals surface area contributed by atoms with Crippen LogP contribution in [0.25, 0.3) is 0 Å².